The molecule has 0 aromatic carbocycles. The van der Waals surface area contributed by atoms with Gasteiger partial charge in [0.05, 0.1) is 26.4 Å². The van der Waals surface area contributed by atoms with Crippen molar-refractivity contribution in [3.63, 3.8) is 0 Å². The van der Waals surface area contributed by atoms with Crippen LogP contribution in [-0.4, -0.2) is 62.5 Å². The number of ether oxygens (including phenoxy) is 3. The Labute approximate surface area is 108 Å². The fourth-order valence-electron chi connectivity index (χ4n) is 2.52. The van der Waals surface area contributed by atoms with Crippen molar-refractivity contribution >= 4 is 5.97 Å². The van der Waals surface area contributed by atoms with E-state index >= 15 is 0 Å². The van der Waals surface area contributed by atoms with E-state index in [4.69, 9.17) is 14.2 Å². The van der Waals surface area contributed by atoms with E-state index in [0.717, 1.165) is 45.7 Å². The fourth-order valence-corrected chi connectivity index (χ4v) is 2.52. The van der Waals surface area contributed by atoms with E-state index in [-0.39, 0.29) is 11.6 Å². The van der Waals surface area contributed by atoms with Crippen molar-refractivity contribution in [2.75, 3.05) is 46.1 Å². The van der Waals surface area contributed by atoms with E-state index in [9.17, 15) is 4.79 Å². The topological polar surface area (TPSA) is 48.0 Å². The molecule has 0 radical (unpaired) electrons. The molecule has 5 heteroatoms. The van der Waals surface area contributed by atoms with Crippen LogP contribution in [0, 0.1) is 0 Å². The van der Waals surface area contributed by atoms with E-state index in [1.807, 2.05) is 6.92 Å². The van der Waals surface area contributed by atoms with Crippen LogP contribution in [0.15, 0.2) is 0 Å². The summed E-state index contributed by atoms with van der Waals surface area (Å²) in [6.45, 7) is 7.40. The molecule has 0 bridgehead atoms. The highest BCUT2D eigenvalue weighted by molar-refractivity contribution is 5.69. The van der Waals surface area contributed by atoms with Crippen molar-refractivity contribution in [2.45, 2.75) is 31.8 Å². The zero-order chi connectivity index (χ0) is 12.8. The predicted molar refractivity (Wildman–Crippen MR) is 66.4 cm³/mol. The molecule has 18 heavy (non-hydrogen) atoms. The van der Waals surface area contributed by atoms with E-state index in [0.29, 0.717) is 19.6 Å². The molecule has 2 heterocycles. The Kier molecular flexibility index (Phi) is 4.97. The Hall–Kier alpha value is -0.650. The predicted octanol–water partition coefficient (Wildman–Crippen LogP) is 0.821. The van der Waals surface area contributed by atoms with Gasteiger partial charge in [0, 0.05) is 38.9 Å². The van der Waals surface area contributed by atoms with Gasteiger partial charge in [0.25, 0.3) is 0 Å². The smallest absolute Gasteiger partial charge is 0.306 e. The second-order valence-corrected chi connectivity index (χ2v) is 5.01. The monoisotopic (exact) mass is 257 g/mol. The van der Waals surface area contributed by atoms with Crippen LogP contribution in [0.1, 0.15) is 26.2 Å². The first-order valence-corrected chi connectivity index (χ1v) is 6.84. The molecular formula is C13H23NO4. The molecule has 0 atom stereocenters. The summed E-state index contributed by atoms with van der Waals surface area (Å²) < 4.78 is 16.5. The normalized spacial score (nSPS) is 24.7. The van der Waals surface area contributed by atoms with Gasteiger partial charge in [-0.1, -0.05) is 6.92 Å². The number of nitrogens with zero attached hydrogens (tertiary/aromatic N) is 1. The van der Waals surface area contributed by atoms with Gasteiger partial charge in [0.15, 0.2) is 0 Å². The van der Waals surface area contributed by atoms with E-state index < -0.39 is 0 Å². The minimum absolute atomic E-state index is 0.106. The maximum atomic E-state index is 11.6. The molecule has 2 aliphatic heterocycles. The average molecular weight is 257 g/mol. The summed E-state index contributed by atoms with van der Waals surface area (Å²) in [6, 6.07) is 0. The van der Waals surface area contributed by atoms with Crippen LogP contribution in [0.2, 0.25) is 0 Å². The van der Waals surface area contributed by atoms with Gasteiger partial charge in [-0.15, -0.1) is 0 Å². The van der Waals surface area contributed by atoms with Gasteiger partial charge in [-0.25, -0.2) is 0 Å². The molecule has 2 aliphatic rings. The zero-order valence-electron chi connectivity index (χ0n) is 11.2. The Morgan fingerprint density at radius 3 is 2.39 bits per heavy atom. The van der Waals surface area contributed by atoms with Crippen molar-refractivity contribution < 1.29 is 19.0 Å². The first kappa shape index (κ1) is 13.8. The van der Waals surface area contributed by atoms with Crippen LogP contribution in [0.3, 0.4) is 0 Å². The van der Waals surface area contributed by atoms with Crippen LogP contribution >= 0.6 is 0 Å². The number of carbonyl (C=O) groups excluding carboxylic acids is 1. The molecule has 0 spiro atoms. The summed E-state index contributed by atoms with van der Waals surface area (Å²) in [6.07, 6.45) is 2.04. The van der Waals surface area contributed by atoms with E-state index in [1.54, 1.807) is 0 Å². The first-order chi connectivity index (χ1) is 8.74. The number of rotatable bonds is 4. The van der Waals surface area contributed by atoms with Gasteiger partial charge in [-0.05, 0) is 0 Å². The third kappa shape index (κ3) is 3.67. The number of carbonyl (C=O) groups is 1. The van der Waals surface area contributed by atoms with Gasteiger partial charge >= 0.3 is 5.97 Å². The Balaban J connectivity index is 1.96. The number of hydrogen-bond acceptors (Lipinski definition) is 5. The van der Waals surface area contributed by atoms with Crippen LogP contribution < -0.4 is 0 Å². The molecule has 104 valence electrons. The standard InChI is InChI=1S/C13H23NO4/c1-2-12(15)18-13(3-7-16-8-4-13)11-14-5-9-17-10-6-14/h2-11H2,1H3. The molecular weight excluding hydrogens is 234 g/mol. The molecule has 0 N–H and O–H groups in total. The Morgan fingerprint density at radius 1 is 1.17 bits per heavy atom. The third-order valence-electron chi connectivity index (χ3n) is 3.64. The molecule has 0 saturated carbocycles. The van der Waals surface area contributed by atoms with Crippen molar-refractivity contribution in [1.82, 2.24) is 4.90 Å². The first-order valence-electron chi connectivity index (χ1n) is 6.84. The third-order valence-corrected chi connectivity index (χ3v) is 3.64. The minimum Gasteiger partial charge on any atom is -0.458 e. The highest BCUT2D eigenvalue weighted by atomic mass is 16.6. The second kappa shape index (κ2) is 6.50. The molecule has 2 rings (SSSR count). The van der Waals surface area contributed by atoms with Gasteiger partial charge in [-0.3, -0.25) is 9.69 Å². The second-order valence-electron chi connectivity index (χ2n) is 5.01. The van der Waals surface area contributed by atoms with Crippen LogP contribution in [0.5, 0.6) is 0 Å². The van der Waals surface area contributed by atoms with Gasteiger partial charge in [0.1, 0.15) is 5.60 Å². The summed E-state index contributed by atoms with van der Waals surface area (Å²) in [5, 5.41) is 0. The lowest BCUT2D eigenvalue weighted by molar-refractivity contribution is -0.173. The largest absolute Gasteiger partial charge is 0.458 e. The summed E-state index contributed by atoms with van der Waals surface area (Å²) in [4.78, 5) is 14.0. The van der Waals surface area contributed by atoms with Crippen LogP contribution in [-0.2, 0) is 19.0 Å². The lowest BCUT2D eigenvalue weighted by atomic mass is 9.93. The number of morpholine rings is 1. The number of esters is 1. The molecule has 2 fully saturated rings. The summed E-state index contributed by atoms with van der Waals surface area (Å²) in [5.74, 6) is -0.106. The Morgan fingerprint density at radius 2 is 1.78 bits per heavy atom. The molecule has 0 aromatic heterocycles. The lowest BCUT2D eigenvalue weighted by Crippen LogP contribution is -2.52. The van der Waals surface area contributed by atoms with E-state index in [2.05, 4.69) is 4.90 Å². The molecule has 0 aromatic rings. The summed E-state index contributed by atoms with van der Waals surface area (Å²) in [5.41, 5.74) is -0.345. The van der Waals surface area contributed by atoms with Gasteiger partial charge < -0.3 is 14.2 Å². The van der Waals surface area contributed by atoms with Crippen molar-refractivity contribution in [2.24, 2.45) is 0 Å². The summed E-state index contributed by atoms with van der Waals surface area (Å²) in [7, 11) is 0. The molecule has 0 amide bonds. The van der Waals surface area contributed by atoms with Crippen molar-refractivity contribution in [3.8, 4) is 0 Å². The molecule has 0 aliphatic carbocycles. The fraction of sp³-hybridized carbons (Fsp3) is 0.923. The number of hydrogen-bond donors (Lipinski definition) is 0. The summed E-state index contributed by atoms with van der Waals surface area (Å²) >= 11 is 0. The van der Waals surface area contributed by atoms with Crippen LogP contribution in [0.4, 0.5) is 0 Å². The van der Waals surface area contributed by atoms with Crippen molar-refractivity contribution in [1.29, 1.82) is 0 Å². The molecule has 5 nitrogen and oxygen atoms in total. The highest BCUT2D eigenvalue weighted by Gasteiger charge is 2.38. The minimum atomic E-state index is -0.345. The Bertz CT molecular complexity index is 270. The van der Waals surface area contributed by atoms with Crippen molar-refractivity contribution in [3.05, 3.63) is 0 Å². The maximum absolute atomic E-state index is 11.6. The van der Waals surface area contributed by atoms with E-state index in [1.165, 1.54) is 0 Å². The molecule has 2 saturated heterocycles. The lowest BCUT2D eigenvalue weighted by Gasteiger charge is -2.41. The molecule has 0 unspecified atom stereocenters. The zero-order valence-corrected chi connectivity index (χ0v) is 11.2. The average Bonchev–Trinajstić information content (AvgIpc) is 2.40. The van der Waals surface area contributed by atoms with Crippen LogP contribution in [0.25, 0.3) is 0 Å². The highest BCUT2D eigenvalue weighted by Crippen LogP contribution is 2.27. The van der Waals surface area contributed by atoms with Gasteiger partial charge in [-0.2, -0.15) is 0 Å². The quantitative estimate of drug-likeness (QED) is 0.698. The SMILES string of the molecule is CCC(=O)OC1(CN2CCOCC2)CCOCC1. The maximum Gasteiger partial charge on any atom is 0.306 e. The van der Waals surface area contributed by atoms with Gasteiger partial charge in [0.2, 0.25) is 0 Å².